The highest BCUT2D eigenvalue weighted by Gasteiger charge is 2.21. The van der Waals surface area contributed by atoms with Gasteiger partial charge in [-0.25, -0.2) is 31.5 Å². The van der Waals surface area contributed by atoms with Gasteiger partial charge < -0.3 is 10.6 Å². The van der Waals surface area contributed by atoms with E-state index in [0.717, 1.165) is 12.5 Å². The van der Waals surface area contributed by atoms with Crippen LogP contribution in [0.1, 0.15) is 10.5 Å². The van der Waals surface area contributed by atoms with Crippen LogP contribution in [0.3, 0.4) is 0 Å². The van der Waals surface area contributed by atoms with Gasteiger partial charge in [-0.05, 0) is 36.4 Å². The van der Waals surface area contributed by atoms with E-state index >= 15 is 0 Å². The van der Waals surface area contributed by atoms with E-state index in [1.807, 2.05) is 0 Å². The van der Waals surface area contributed by atoms with Crippen LogP contribution in [0.4, 0.5) is 11.6 Å². The van der Waals surface area contributed by atoms with Crippen LogP contribution >= 0.6 is 23.2 Å². The van der Waals surface area contributed by atoms with Crippen LogP contribution in [-0.4, -0.2) is 63.3 Å². The number of carbonyl (C=O) groups is 1. The molecule has 3 N–H and O–H groups in total. The van der Waals surface area contributed by atoms with Gasteiger partial charge in [-0.3, -0.25) is 4.79 Å². The molecular weight excluding hydrogens is 587 g/mol. The minimum atomic E-state index is -3.43. The van der Waals surface area contributed by atoms with Crippen molar-refractivity contribution in [1.29, 1.82) is 0 Å². The molecule has 2 aromatic heterocycles. The maximum atomic E-state index is 13.2. The van der Waals surface area contributed by atoms with Gasteiger partial charge in [0.05, 0.1) is 11.2 Å². The molecule has 4 aromatic rings. The summed E-state index contributed by atoms with van der Waals surface area (Å²) in [5.74, 6) is -0.486. The summed E-state index contributed by atoms with van der Waals surface area (Å²) in [6.07, 6.45) is 3.61. The van der Waals surface area contributed by atoms with Crippen LogP contribution < -0.4 is 15.4 Å². The third kappa shape index (κ3) is 7.19. The lowest BCUT2D eigenvalue weighted by atomic mass is 10.0. The Balaban J connectivity index is 1.74. The number of hydrogen-bond acceptors (Lipinski definition) is 9. The summed E-state index contributed by atoms with van der Waals surface area (Å²) >= 11 is 12.8. The number of anilines is 2. The van der Waals surface area contributed by atoms with Gasteiger partial charge in [-0.1, -0.05) is 35.3 Å². The van der Waals surface area contributed by atoms with E-state index in [1.54, 1.807) is 36.4 Å². The molecule has 4 rings (SSSR count). The fourth-order valence-corrected chi connectivity index (χ4v) is 5.31. The zero-order chi connectivity index (χ0) is 28.4. The van der Waals surface area contributed by atoms with Crippen LogP contribution in [0.15, 0.2) is 59.6 Å². The fourth-order valence-electron chi connectivity index (χ4n) is 3.57. The van der Waals surface area contributed by atoms with Crippen LogP contribution in [0.25, 0.3) is 22.2 Å². The Kier molecular flexibility index (Phi) is 8.37. The van der Waals surface area contributed by atoms with Gasteiger partial charge in [0, 0.05) is 57.8 Å². The first kappa shape index (κ1) is 28.6. The molecule has 39 heavy (non-hydrogen) atoms. The first-order chi connectivity index (χ1) is 18.3. The number of hydrogen-bond donors (Lipinski definition) is 3. The Morgan fingerprint density at radius 1 is 0.923 bits per heavy atom. The van der Waals surface area contributed by atoms with Crippen molar-refractivity contribution >= 4 is 71.6 Å². The summed E-state index contributed by atoms with van der Waals surface area (Å²) < 4.78 is 48.7. The van der Waals surface area contributed by atoms with Crippen molar-refractivity contribution in [2.24, 2.45) is 0 Å². The lowest BCUT2D eigenvalue weighted by molar-refractivity contribution is 0.0950. The normalized spacial score (nSPS) is 11.9. The molecular formula is C24H22Cl2N6O5S2. The lowest BCUT2D eigenvalue weighted by Crippen LogP contribution is -2.34. The van der Waals surface area contributed by atoms with E-state index in [2.05, 4.69) is 30.3 Å². The maximum Gasteiger partial charge on any atom is 0.270 e. The van der Waals surface area contributed by atoms with Crippen LogP contribution in [0.5, 0.6) is 0 Å². The Hall–Kier alpha value is -3.36. The number of nitrogens with one attached hydrogen (secondary N) is 3. The van der Waals surface area contributed by atoms with Crippen molar-refractivity contribution in [3.05, 3.63) is 70.5 Å². The molecule has 1 amide bonds. The van der Waals surface area contributed by atoms with Gasteiger partial charge in [0.2, 0.25) is 16.0 Å². The second-order valence-electron chi connectivity index (χ2n) is 8.44. The predicted octanol–water partition coefficient (Wildman–Crippen LogP) is 3.42. The van der Waals surface area contributed by atoms with Crippen molar-refractivity contribution in [2.75, 3.05) is 30.9 Å². The molecule has 204 valence electrons. The second-order valence-corrected chi connectivity index (χ2v) is 13.1. The van der Waals surface area contributed by atoms with Gasteiger partial charge in [-0.15, -0.1) is 0 Å². The molecule has 2 heterocycles. The Labute approximate surface area is 235 Å². The Morgan fingerprint density at radius 2 is 1.62 bits per heavy atom. The van der Waals surface area contributed by atoms with E-state index in [9.17, 15) is 21.6 Å². The number of sulfonamides is 1. The zero-order valence-electron chi connectivity index (χ0n) is 20.6. The monoisotopic (exact) mass is 608 g/mol. The van der Waals surface area contributed by atoms with E-state index < -0.39 is 25.8 Å². The summed E-state index contributed by atoms with van der Waals surface area (Å²) in [4.78, 5) is 26.5. The molecule has 0 atom stereocenters. The standard InChI is InChI=1S/C24H22Cl2N6O5S2/c1-38(34,35)16-6-3-5-15(12-16)30-24-28-13-14-11-17(20-18(25)7-4-8-19(20)26)21(31-22(14)32-24)23(33)27-9-10-29-39(2,36)37/h3-8,11-13,29H,9-10H2,1-2H3,(H,27,33)(H,28,30,31,32). The van der Waals surface area contributed by atoms with E-state index in [-0.39, 0.29) is 35.3 Å². The smallest absolute Gasteiger partial charge is 0.270 e. The minimum absolute atomic E-state index is 0.00539. The fraction of sp³-hybridized carbons (Fsp3) is 0.167. The minimum Gasteiger partial charge on any atom is -0.349 e. The number of pyridine rings is 1. The van der Waals surface area contributed by atoms with Crippen molar-refractivity contribution in [3.63, 3.8) is 0 Å². The molecule has 0 unspecified atom stereocenters. The van der Waals surface area contributed by atoms with Gasteiger partial charge in [-0.2, -0.15) is 4.98 Å². The molecule has 0 aliphatic heterocycles. The third-order valence-electron chi connectivity index (χ3n) is 5.31. The van der Waals surface area contributed by atoms with E-state index in [0.29, 0.717) is 32.2 Å². The summed E-state index contributed by atoms with van der Waals surface area (Å²) in [5.41, 5.74) is 1.28. The number of benzene rings is 2. The number of carbonyl (C=O) groups excluding carboxylic acids is 1. The molecule has 11 nitrogen and oxygen atoms in total. The van der Waals surface area contributed by atoms with Gasteiger partial charge in [0.25, 0.3) is 5.91 Å². The highest BCUT2D eigenvalue weighted by Crippen LogP contribution is 2.37. The highest BCUT2D eigenvalue weighted by molar-refractivity contribution is 7.90. The molecule has 0 fully saturated rings. The van der Waals surface area contributed by atoms with Crippen LogP contribution in [0.2, 0.25) is 10.0 Å². The average Bonchev–Trinajstić information content (AvgIpc) is 2.85. The zero-order valence-corrected chi connectivity index (χ0v) is 23.7. The molecule has 0 spiro atoms. The largest absolute Gasteiger partial charge is 0.349 e. The van der Waals surface area contributed by atoms with Crippen molar-refractivity contribution in [1.82, 2.24) is 25.0 Å². The van der Waals surface area contributed by atoms with E-state index in [4.69, 9.17) is 23.2 Å². The first-order valence-electron chi connectivity index (χ1n) is 11.2. The lowest BCUT2D eigenvalue weighted by Gasteiger charge is -2.14. The Morgan fingerprint density at radius 3 is 2.28 bits per heavy atom. The number of halogens is 2. The van der Waals surface area contributed by atoms with Crippen molar-refractivity contribution < 1.29 is 21.6 Å². The molecule has 15 heteroatoms. The molecule has 0 aliphatic rings. The number of rotatable bonds is 9. The van der Waals surface area contributed by atoms with Gasteiger partial charge in [0.1, 0.15) is 5.69 Å². The highest BCUT2D eigenvalue weighted by atomic mass is 35.5. The quantitative estimate of drug-likeness (QED) is 0.242. The maximum absolute atomic E-state index is 13.2. The van der Waals surface area contributed by atoms with E-state index in [1.165, 1.54) is 18.3 Å². The number of aromatic nitrogens is 3. The number of nitrogens with zero attached hydrogens (tertiary/aromatic N) is 3. The molecule has 0 saturated heterocycles. The average molecular weight is 610 g/mol. The van der Waals surface area contributed by atoms with Crippen molar-refractivity contribution in [3.8, 4) is 11.1 Å². The number of amides is 1. The SMILES string of the molecule is CS(=O)(=O)NCCNC(=O)c1nc2nc(Nc3cccc(S(C)(=O)=O)c3)ncc2cc1-c1c(Cl)cccc1Cl. The summed E-state index contributed by atoms with van der Waals surface area (Å²) in [7, 11) is -6.85. The van der Waals surface area contributed by atoms with Crippen molar-refractivity contribution in [2.45, 2.75) is 4.90 Å². The Bertz CT molecular complexity index is 1780. The summed E-state index contributed by atoms with van der Waals surface area (Å²) in [5, 5.41) is 6.64. The van der Waals surface area contributed by atoms with Gasteiger partial charge in [0.15, 0.2) is 15.5 Å². The predicted molar refractivity (Wildman–Crippen MR) is 151 cm³/mol. The number of fused-ring (bicyclic) bond motifs is 1. The van der Waals surface area contributed by atoms with Crippen LogP contribution in [-0.2, 0) is 19.9 Å². The number of sulfone groups is 1. The molecule has 0 aliphatic carbocycles. The molecule has 0 bridgehead atoms. The van der Waals surface area contributed by atoms with Crippen LogP contribution in [0, 0.1) is 0 Å². The molecule has 2 aromatic carbocycles. The molecule has 0 radical (unpaired) electrons. The van der Waals surface area contributed by atoms with Gasteiger partial charge >= 0.3 is 0 Å². The summed E-state index contributed by atoms with van der Waals surface area (Å²) in [6.45, 7) is -0.0301. The third-order valence-corrected chi connectivity index (χ3v) is 7.78. The summed E-state index contributed by atoms with van der Waals surface area (Å²) in [6, 6.07) is 12.7. The molecule has 0 saturated carbocycles. The topological polar surface area (TPSA) is 160 Å². The second kappa shape index (κ2) is 11.4. The first-order valence-corrected chi connectivity index (χ1v) is 15.8.